The van der Waals surface area contributed by atoms with Crippen LogP contribution in [-0.4, -0.2) is 38.3 Å². The number of carbonyl (C=O) groups is 3. The fourth-order valence-corrected chi connectivity index (χ4v) is 2.30. The van der Waals surface area contributed by atoms with Crippen LogP contribution < -0.4 is 5.32 Å². The third kappa shape index (κ3) is 4.47. The summed E-state index contributed by atoms with van der Waals surface area (Å²) in [6.45, 7) is 0. The Morgan fingerprint density at radius 1 is 0.960 bits per heavy atom. The van der Waals surface area contributed by atoms with E-state index in [1.807, 2.05) is 0 Å². The number of rotatable bonds is 6. The van der Waals surface area contributed by atoms with Crippen LogP contribution in [0.4, 0.5) is 5.69 Å². The number of aromatic carboxylic acids is 1. The van der Waals surface area contributed by atoms with Crippen molar-refractivity contribution in [3.05, 3.63) is 53.6 Å². The summed E-state index contributed by atoms with van der Waals surface area (Å²) in [5.74, 6) is -5.67. The number of carboxylic acids is 2. The molecular weight excluding hydrogens is 330 g/mol. The molecule has 1 amide bonds. The van der Waals surface area contributed by atoms with E-state index in [1.165, 1.54) is 36.4 Å². The first-order valence-electron chi connectivity index (χ1n) is 7.16. The first kappa shape index (κ1) is 17.8. The maximum absolute atomic E-state index is 12.3. The lowest BCUT2D eigenvalue weighted by Crippen LogP contribution is -2.31. The maximum Gasteiger partial charge on any atom is 0.337 e. The van der Waals surface area contributed by atoms with Crippen LogP contribution in [0.1, 0.15) is 15.9 Å². The zero-order valence-electron chi connectivity index (χ0n) is 12.8. The van der Waals surface area contributed by atoms with Crippen molar-refractivity contribution in [2.24, 2.45) is 5.92 Å². The summed E-state index contributed by atoms with van der Waals surface area (Å²) in [6, 6.07) is 9.14. The van der Waals surface area contributed by atoms with E-state index in [9.17, 15) is 29.7 Å². The SMILES string of the molecule is O=C(O)c1ccccc1NC(=O)C(Cc1cc(O)cc(O)c1)C(=O)O. The number of anilines is 1. The zero-order chi connectivity index (χ0) is 18.6. The molecule has 0 aliphatic heterocycles. The Hall–Kier alpha value is -3.55. The number of aromatic hydroxyl groups is 2. The highest BCUT2D eigenvalue weighted by atomic mass is 16.4. The highest BCUT2D eigenvalue weighted by Crippen LogP contribution is 2.23. The Kier molecular flexibility index (Phi) is 5.23. The van der Waals surface area contributed by atoms with Gasteiger partial charge in [0.05, 0.1) is 11.3 Å². The zero-order valence-corrected chi connectivity index (χ0v) is 12.8. The molecule has 2 rings (SSSR count). The van der Waals surface area contributed by atoms with Gasteiger partial charge in [0.25, 0.3) is 0 Å². The second kappa shape index (κ2) is 7.35. The van der Waals surface area contributed by atoms with Crippen LogP contribution in [0.15, 0.2) is 42.5 Å². The van der Waals surface area contributed by atoms with Gasteiger partial charge in [0.1, 0.15) is 17.4 Å². The van der Waals surface area contributed by atoms with Crippen LogP contribution >= 0.6 is 0 Å². The number of phenolic OH excluding ortho intramolecular Hbond substituents is 2. The molecule has 0 spiro atoms. The number of nitrogens with one attached hydrogen (secondary N) is 1. The number of carbonyl (C=O) groups excluding carboxylic acids is 1. The summed E-state index contributed by atoms with van der Waals surface area (Å²) in [5, 5.41) is 39.6. The molecule has 1 atom stereocenters. The molecule has 8 nitrogen and oxygen atoms in total. The summed E-state index contributed by atoms with van der Waals surface area (Å²) in [4.78, 5) is 34.9. The molecule has 0 bridgehead atoms. The fraction of sp³-hybridized carbons (Fsp3) is 0.118. The van der Waals surface area contributed by atoms with Gasteiger partial charge in [0.2, 0.25) is 5.91 Å². The number of amides is 1. The van der Waals surface area contributed by atoms with Gasteiger partial charge in [0.15, 0.2) is 0 Å². The Bertz CT molecular complexity index is 811. The van der Waals surface area contributed by atoms with E-state index in [-0.39, 0.29) is 34.7 Å². The van der Waals surface area contributed by atoms with Gasteiger partial charge < -0.3 is 25.7 Å². The van der Waals surface area contributed by atoms with Gasteiger partial charge in [-0.25, -0.2) is 4.79 Å². The van der Waals surface area contributed by atoms with E-state index in [4.69, 9.17) is 5.11 Å². The van der Waals surface area contributed by atoms with Gasteiger partial charge >= 0.3 is 11.9 Å². The predicted octanol–water partition coefficient (Wildman–Crippen LogP) is 1.68. The van der Waals surface area contributed by atoms with E-state index >= 15 is 0 Å². The minimum atomic E-state index is -1.54. The molecule has 0 saturated carbocycles. The first-order chi connectivity index (χ1) is 11.8. The summed E-state index contributed by atoms with van der Waals surface area (Å²) in [6.07, 6.45) is -0.293. The Morgan fingerprint density at radius 3 is 2.12 bits per heavy atom. The predicted molar refractivity (Wildman–Crippen MR) is 86.6 cm³/mol. The molecule has 0 aliphatic rings. The molecule has 25 heavy (non-hydrogen) atoms. The summed E-state index contributed by atoms with van der Waals surface area (Å²) >= 11 is 0. The number of benzene rings is 2. The Labute approximate surface area is 142 Å². The fourth-order valence-electron chi connectivity index (χ4n) is 2.30. The average Bonchev–Trinajstić information content (AvgIpc) is 2.51. The lowest BCUT2D eigenvalue weighted by molar-refractivity contribution is -0.145. The van der Waals surface area contributed by atoms with Crippen molar-refractivity contribution in [1.82, 2.24) is 0 Å². The van der Waals surface area contributed by atoms with Crippen LogP contribution in [0.5, 0.6) is 11.5 Å². The highest BCUT2D eigenvalue weighted by molar-refractivity contribution is 6.07. The summed E-state index contributed by atoms with van der Waals surface area (Å²) < 4.78 is 0. The van der Waals surface area contributed by atoms with Crippen LogP contribution in [0.25, 0.3) is 0 Å². The molecule has 0 aromatic heterocycles. The lowest BCUT2D eigenvalue weighted by Gasteiger charge is -2.14. The number of aliphatic carboxylic acids is 1. The monoisotopic (exact) mass is 345 g/mol. The van der Waals surface area contributed by atoms with Crippen molar-refractivity contribution in [3.63, 3.8) is 0 Å². The average molecular weight is 345 g/mol. The molecule has 2 aromatic rings. The van der Waals surface area contributed by atoms with Crippen LogP contribution in [0.2, 0.25) is 0 Å². The molecule has 0 saturated heterocycles. The molecule has 0 fully saturated rings. The number of carboxylic acid groups (broad SMARTS) is 2. The topological polar surface area (TPSA) is 144 Å². The molecule has 130 valence electrons. The molecule has 8 heteroatoms. The Balaban J connectivity index is 2.24. The van der Waals surface area contributed by atoms with E-state index < -0.39 is 23.8 Å². The van der Waals surface area contributed by atoms with Crippen LogP contribution in [0.3, 0.4) is 0 Å². The minimum Gasteiger partial charge on any atom is -0.508 e. The maximum atomic E-state index is 12.3. The standard InChI is InChI=1S/C17H15NO7/c19-10-5-9(6-11(20)8-10)7-13(17(24)25)15(21)18-14-4-2-1-3-12(14)16(22)23/h1-6,8,13,19-20H,7H2,(H,18,21)(H,22,23)(H,24,25). The largest absolute Gasteiger partial charge is 0.508 e. The van der Waals surface area contributed by atoms with Crippen LogP contribution in [0, 0.1) is 5.92 Å². The number of hydrogen-bond acceptors (Lipinski definition) is 5. The van der Waals surface area contributed by atoms with E-state index in [1.54, 1.807) is 0 Å². The van der Waals surface area contributed by atoms with Crippen molar-refractivity contribution >= 4 is 23.5 Å². The molecule has 5 N–H and O–H groups in total. The molecule has 2 aromatic carbocycles. The van der Waals surface area contributed by atoms with Crippen molar-refractivity contribution in [1.29, 1.82) is 0 Å². The molecular formula is C17H15NO7. The summed E-state index contributed by atoms with van der Waals surface area (Å²) in [5.41, 5.74) is 0.0477. The number of phenols is 2. The number of hydrogen-bond donors (Lipinski definition) is 5. The van der Waals surface area contributed by atoms with E-state index in [0.717, 1.165) is 6.07 Å². The Morgan fingerprint density at radius 2 is 1.56 bits per heavy atom. The van der Waals surface area contributed by atoms with Gasteiger partial charge in [-0.1, -0.05) is 12.1 Å². The second-order valence-corrected chi connectivity index (χ2v) is 5.29. The van der Waals surface area contributed by atoms with Gasteiger partial charge in [-0.05, 0) is 36.2 Å². The lowest BCUT2D eigenvalue weighted by atomic mass is 9.97. The molecule has 0 radical (unpaired) electrons. The van der Waals surface area contributed by atoms with Crippen molar-refractivity contribution < 1.29 is 34.8 Å². The van der Waals surface area contributed by atoms with Gasteiger partial charge in [0, 0.05) is 6.07 Å². The first-order valence-corrected chi connectivity index (χ1v) is 7.16. The molecule has 1 unspecified atom stereocenters. The normalized spacial score (nSPS) is 11.5. The molecule has 0 aliphatic carbocycles. The third-order valence-corrected chi connectivity index (χ3v) is 3.43. The van der Waals surface area contributed by atoms with Crippen molar-refractivity contribution in [2.45, 2.75) is 6.42 Å². The third-order valence-electron chi connectivity index (χ3n) is 3.43. The van der Waals surface area contributed by atoms with Crippen molar-refractivity contribution in [2.75, 3.05) is 5.32 Å². The van der Waals surface area contributed by atoms with Crippen molar-refractivity contribution in [3.8, 4) is 11.5 Å². The smallest absolute Gasteiger partial charge is 0.337 e. The van der Waals surface area contributed by atoms with Gasteiger partial charge in [-0.3, -0.25) is 9.59 Å². The number of para-hydroxylation sites is 1. The summed E-state index contributed by atoms with van der Waals surface area (Å²) in [7, 11) is 0. The second-order valence-electron chi connectivity index (χ2n) is 5.29. The quantitative estimate of drug-likeness (QED) is 0.501. The minimum absolute atomic E-state index is 0.0231. The van der Waals surface area contributed by atoms with E-state index in [2.05, 4.69) is 5.32 Å². The highest BCUT2D eigenvalue weighted by Gasteiger charge is 2.28. The molecule has 0 heterocycles. The van der Waals surface area contributed by atoms with Crippen LogP contribution in [-0.2, 0) is 16.0 Å². The van der Waals surface area contributed by atoms with Gasteiger partial charge in [-0.2, -0.15) is 0 Å². The van der Waals surface area contributed by atoms with Gasteiger partial charge in [-0.15, -0.1) is 0 Å². The van der Waals surface area contributed by atoms with E-state index in [0.29, 0.717) is 0 Å².